The molecule has 0 spiro atoms. The van der Waals surface area contributed by atoms with Crippen LogP contribution in [0, 0.1) is 5.92 Å². The standard InChI is InChI=1S/C15H22N2O2/c1-3-11-6-4-7-12(10-11)17-14-13(15(18)19-2)8-5-9-16-14/h5,8-9,11-12H,3-4,6-7,10H2,1-2H3,(H,16,17). The minimum atomic E-state index is -0.335. The average molecular weight is 262 g/mol. The van der Waals surface area contributed by atoms with Gasteiger partial charge in [-0.05, 0) is 30.9 Å². The van der Waals surface area contributed by atoms with Gasteiger partial charge in [-0.25, -0.2) is 9.78 Å². The average Bonchev–Trinajstić information content (AvgIpc) is 2.47. The van der Waals surface area contributed by atoms with Crippen LogP contribution in [0.1, 0.15) is 49.4 Å². The zero-order chi connectivity index (χ0) is 13.7. The molecule has 2 unspecified atom stereocenters. The number of aromatic nitrogens is 1. The number of anilines is 1. The number of carbonyl (C=O) groups is 1. The van der Waals surface area contributed by atoms with Crippen molar-refractivity contribution in [1.82, 2.24) is 4.98 Å². The highest BCUT2D eigenvalue weighted by Gasteiger charge is 2.22. The van der Waals surface area contributed by atoms with Gasteiger partial charge < -0.3 is 10.1 Å². The molecule has 1 aliphatic carbocycles. The molecule has 1 N–H and O–H groups in total. The van der Waals surface area contributed by atoms with Gasteiger partial charge in [-0.2, -0.15) is 0 Å². The van der Waals surface area contributed by atoms with E-state index in [1.807, 2.05) is 0 Å². The van der Waals surface area contributed by atoms with Gasteiger partial charge in [-0.15, -0.1) is 0 Å². The van der Waals surface area contributed by atoms with E-state index in [0.29, 0.717) is 17.4 Å². The van der Waals surface area contributed by atoms with Crippen molar-refractivity contribution < 1.29 is 9.53 Å². The van der Waals surface area contributed by atoms with Crippen LogP contribution in [0.25, 0.3) is 0 Å². The van der Waals surface area contributed by atoms with E-state index in [0.717, 1.165) is 18.8 Å². The quantitative estimate of drug-likeness (QED) is 0.846. The van der Waals surface area contributed by atoms with Gasteiger partial charge in [-0.3, -0.25) is 0 Å². The molecule has 19 heavy (non-hydrogen) atoms. The first kappa shape index (κ1) is 13.8. The molecule has 4 nitrogen and oxygen atoms in total. The highest BCUT2D eigenvalue weighted by Crippen LogP contribution is 2.29. The second kappa shape index (κ2) is 6.55. The molecule has 1 aromatic heterocycles. The summed E-state index contributed by atoms with van der Waals surface area (Å²) >= 11 is 0. The third-order valence-electron chi connectivity index (χ3n) is 3.91. The van der Waals surface area contributed by atoms with Crippen LogP contribution < -0.4 is 5.32 Å². The lowest BCUT2D eigenvalue weighted by Gasteiger charge is -2.29. The van der Waals surface area contributed by atoms with E-state index in [1.165, 1.54) is 26.4 Å². The third-order valence-corrected chi connectivity index (χ3v) is 3.91. The number of carbonyl (C=O) groups excluding carboxylic acids is 1. The first-order chi connectivity index (χ1) is 9.24. The monoisotopic (exact) mass is 262 g/mol. The van der Waals surface area contributed by atoms with Crippen LogP contribution in [-0.2, 0) is 4.74 Å². The fourth-order valence-corrected chi connectivity index (χ4v) is 2.78. The predicted molar refractivity (Wildman–Crippen MR) is 75.2 cm³/mol. The summed E-state index contributed by atoms with van der Waals surface area (Å²) < 4.78 is 4.79. The summed E-state index contributed by atoms with van der Waals surface area (Å²) in [6, 6.07) is 3.92. The summed E-state index contributed by atoms with van der Waals surface area (Å²) in [5.74, 6) is 1.10. The minimum absolute atomic E-state index is 0.335. The summed E-state index contributed by atoms with van der Waals surface area (Å²) in [7, 11) is 1.40. The maximum Gasteiger partial charge on any atom is 0.341 e. The normalized spacial score (nSPS) is 22.8. The Balaban J connectivity index is 2.08. The van der Waals surface area contributed by atoms with E-state index in [-0.39, 0.29) is 5.97 Å². The molecule has 0 saturated heterocycles. The molecule has 1 aromatic rings. The van der Waals surface area contributed by atoms with Crippen LogP contribution in [0.2, 0.25) is 0 Å². The predicted octanol–water partition coefficient (Wildman–Crippen LogP) is 3.25. The van der Waals surface area contributed by atoms with Crippen LogP contribution in [-0.4, -0.2) is 24.1 Å². The van der Waals surface area contributed by atoms with Gasteiger partial charge in [-0.1, -0.05) is 26.2 Å². The summed E-state index contributed by atoms with van der Waals surface area (Å²) in [6.07, 6.45) is 7.80. The summed E-state index contributed by atoms with van der Waals surface area (Å²) in [5, 5.41) is 3.42. The maximum atomic E-state index is 11.7. The van der Waals surface area contributed by atoms with Crippen molar-refractivity contribution in [3.63, 3.8) is 0 Å². The van der Waals surface area contributed by atoms with Crippen LogP contribution in [0.15, 0.2) is 18.3 Å². The van der Waals surface area contributed by atoms with E-state index in [2.05, 4.69) is 17.2 Å². The van der Waals surface area contributed by atoms with Crippen LogP contribution in [0.3, 0.4) is 0 Å². The molecule has 0 aromatic carbocycles. The molecule has 104 valence electrons. The lowest BCUT2D eigenvalue weighted by atomic mass is 9.84. The van der Waals surface area contributed by atoms with E-state index < -0.39 is 0 Å². The summed E-state index contributed by atoms with van der Waals surface area (Å²) in [6.45, 7) is 2.24. The molecule has 0 aliphatic heterocycles. The molecule has 1 saturated carbocycles. The Hall–Kier alpha value is -1.58. The number of hydrogen-bond acceptors (Lipinski definition) is 4. The topological polar surface area (TPSA) is 51.2 Å². The zero-order valence-corrected chi connectivity index (χ0v) is 11.7. The van der Waals surface area contributed by atoms with Crippen molar-refractivity contribution in [3.05, 3.63) is 23.9 Å². The second-order valence-electron chi connectivity index (χ2n) is 5.17. The zero-order valence-electron chi connectivity index (χ0n) is 11.7. The van der Waals surface area contributed by atoms with Crippen LogP contribution >= 0.6 is 0 Å². The number of nitrogens with zero attached hydrogens (tertiary/aromatic N) is 1. The molecule has 1 fully saturated rings. The van der Waals surface area contributed by atoms with Gasteiger partial charge in [0.25, 0.3) is 0 Å². The molecule has 2 rings (SSSR count). The Morgan fingerprint density at radius 3 is 3.11 bits per heavy atom. The highest BCUT2D eigenvalue weighted by molar-refractivity contribution is 5.94. The van der Waals surface area contributed by atoms with Crippen molar-refractivity contribution in [2.75, 3.05) is 12.4 Å². The van der Waals surface area contributed by atoms with Gasteiger partial charge in [0.05, 0.1) is 7.11 Å². The lowest BCUT2D eigenvalue weighted by Crippen LogP contribution is -2.28. The van der Waals surface area contributed by atoms with Crippen molar-refractivity contribution in [3.8, 4) is 0 Å². The summed E-state index contributed by atoms with van der Waals surface area (Å²) in [4.78, 5) is 16.0. The minimum Gasteiger partial charge on any atom is -0.465 e. The number of nitrogens with one attached hydrogen (secondary N) is 1. The number of esters is 1. The Kier molecular flexibility index (Phi) is 4.77. The van der Waals surface area contributed by atoms with E-state index in [4.69, 9.17) is 4.74 Å². The maximum absolute atomic E-state index is 11.7. The molecule has 0 amide bonds. The number of ether oxygens (including phenoxy) is 1. The fraction of sp³-hybridized carbons (Fsp3) is 0.600. The first-order valence-electron chi connectivity index (χ1n) is 7.04. The van der Waals surface area contributed by atoms with Crippen molar-refractivity contribution in [2.24, 2.45) is 5.92 Å². The first-order valence-corrected chi connectivity index (χ1v) is 7.04. The lowest BCUT2D eigenvalue weighted by molar-refractivity contribution is 0.0601. The Labute approximate surface area is 114 Å². The van der Waals surface area contributed by atoms with Gasteiger partial charge >= 0.3 is 5.97 Å². The number of rotatable bonds is 4. The Morgan fingerprint density at radius 2 is 2.37 bits per heavy atom. The number of methoxy groups -OCH3 is 1. The van der Waals surface area contributed by atoms with Gasteiger partial charge in [0, 0.05) is 12.2 Å². The number of hydrogen-bond donors (Lipinski definition) is 1. The van der Waals surface area contributed by atoms with E-state index in [1.54, 1.807) is 18.3 Å². The van der Waals surface area contributed by atoms with Crippen LogP contribution in [0.4, 0.5) is 5.82 Å². The molecule has 2 atom stereocenters. The van der Waals surface area contributed by atoms with Crippen molar-refractivity contribution in [1.29, 1.82) is 0 Å². The fourth-order valence-electron chi connectivity index (χ4n) is 2.78. The molecule has 1 aliphatic rings. The largest absolute Gasteiger partial charge is 0.465 e. The Morgan fingerprint density at radius 1 is 1.53 bits per heavy atom. The highest BCUT2D eigenvalue weighted by atomic mass is 16.5. The van der Waals surface area contributed by atoms with Crippen molar-refractivity contribution >= 4 is 11.8 Å². The van der Waals surface area contributed by atoms with Gasteiger partial charge in [0.2, 0.25) is 0 Å². The molecule has 0 radical (unpaired) electrons. The molecule has 0 bridgehead atoms. The van der Waals surface area contributed by atoms with Crippen molar-refractivity contribution in [2.45, 2.75) is 45.1 Å². The molecule has 4 heteroatoms. The smallest absolute Gasteiger partial charge is 0.341 e. The SMILES string of the molecule is CCC1CCCC(Nc2ncccc2C(=O)OC)C1. The van der Waals surface area contributed by atoms with Gasteiger partial charge in [0.15, 0.2) is 0 Å². The molecular weight excluding hydrogens is 240 g/mol. The van der Waals surface area contributed by atoms with Crippen LogP contribution in [0.5, 0.6) is 0 Å². The molecule has 1 heterocycles. The molecular formula is C15H22N2O2. The second-order valence-corrected chi connectivity index (χ2v) is 5.17. The van der Waals surface area contributed by atoms with E-state index in [9.17, 15) is 4.79 Å². The third kappa shape index (κ3) is 3.46. The summed E-state index contributed by atoms with van der Waals surface area (Å²) in [5.41, 5.74) is 0.517. The Bertz CT molecular complexity index is 434. The van der Waals surface area contributed by atoms with E-state index >= 15 is 0 Å². The number of pyridine rings is 1. The van der Waals surface area contributed by atoms with Gasteiger partial charge in [0.1, 0.15) is 11.4 Å².